The quantitative estimate of drug-likeness (QED) is 0.0902. The van der Waals surface area contributed by atoms with E-state index in [-0.39, 0.29) is 39.3 Å². The molecule has 0 radical (unpaired) electrons. The first-order chi connectivity index (χ1) is 21.5. The number of hydrogen-bond acceptors (Lipinski definition) is 1. The molecule has 1 atom stereocenters. The maximum absolute atomic E-state index is 5.73. The molecule has 0 saturated carbocycles. The number of rotatable bonds is 7. The summed E-state index contributed by atoms with van der Waals surface area (Å²) in [7, 11) is 0. The van der Waals surface area contributed by atoms with Crippen molar-refractivity contribution in [3.63, 3.8) is 0 Å². The van der Waals surface area contributed by atoms with E-state index in [9.17, 15) is 0 Å². The Balaban J connectivity index is 0.00000208. The normalized spacial score (nSPS) is 11.9. The van der Waals surface area contributed by atoms with Crippen molar-refractivity contribution in [3.05, 3.63) is 169 Å². The van der Waals surface area contributed by atoms with Crippen LogP contribution in [-0.2, 0) is 25.8 Å². The van der Waals surface area contributed by atoms with E-state index in [0.29, 0.717) is 11.8 Å². The zero-order chi connectivity index (χ0) is 30.2. The second-order valence-corrected chi connectivity index (χ2v) is 12.3. The first-order valence-corrected chi connectivity index (χ1v) is 15.7. The molecule has 228 valence electrons. The van der Waals surface area contributed by atoms with Gasteiger partial charge < -0.3 is 12.7 Å². The molecule has 0 bridgehead atoms. The number of pyridine rings is 1. The Bertz CT molecular complexity index is 2100. The molecular formula is C43H40HfN2-2. The molecule has 3 heteroatoms. The fourth-order valence-corrected chi connectivity index (χ4v) is 6.60. The van der Waals surface area contributed by atoms with Crippen LogP contribution in [0.25, 0.3) is 48.9 Å². The zero-order valence-electron chi connectivity index (χ0n) is 27.3. The van der Waals surface area contributed by atoms with Gasteiger partial charge >= 0.3 is 0 Å². The van der Waals surface area contributed by atoms with Crippen LogP contribution in [0.3, 0.4) is 0 Å². The molecule has 7 aromatic rings. The van der Waals surface area contributed by atoms with E-state index in [1.165, 1.54) is 49.0 Å². The van der Waals surface area contributed by atoms with Crippen molar-refractivity contribution in [3.8, 4) is 11.3 Å². The average molecular weight is 763 g/mol. The predicted octanol–water partition coefficient (Wildman–Crippen LogP) is 12.7. The molecule has 0 aliphatic rings. The van der Waals surface area contributed by atoms with E-state index in [1.54, 1.807) is 0 Å². The van der Waals surface area contributed by atoms with Gasteiger partial charge in [0.1, 0.15) is 0 Å². The summed E-state index contributed by atoms with van der Waals surface area (Å²) < 4.78 is 0. The van der Waals surface area contributed by atoms with Gasteiger partial charge in [-0.3, -0.25) is 4.98 Å². The van der Waals surface area contributed by atoms with Crippen LogP contribution >= 0.6 is 0 Å². The molecule has 0 saturated heterocycles. The Morgan fingerprint density at radius 3 is 1.74 bits per heavy atom. The number of nitrogens with zero attached hydrogens (tertiary/aromatic N) is 2. The molecule has 0 N–H and O–H groups in total. The molecule has 0 spiro atoms. The van der Waals surface area contributed by atoms with Gasteiger partial charge in [0, 0.05) is 37.1 Å². The fraction of sp³-hybridized carbons (Fsp3) is 0.163. The zero-order valence-corrected chi connectivity index (χ0v) is 30.9. The average Bonchev–Trinajstić information content (AvgIpc) is 3.06. The van der Waals surface area contributed by atoms with Crippen LogP contribution in [-0.4, -0.2) is 4.98 Å². The monoisotopic (exact) mass is 764 g/mol. The summed E-state index contributed by atoms with van der Waals surface area (Å²) in [6.45, 7) is 9.05. The predicted molar refractivity (Wildman–Crippen MR) is 195 cm³/mol. The van der Waals surface area contributed by atoms with E-state index in [2.05, 4.69) is 161 Å². The van der Waals surface area contributed by atoms with Crippen LogP contribution in [0, 0.1) is 7.43 Å². The Kier molecular flexibility index (Phi) is 10.2. The van der Waals surface area contributed by atoms with Gasteiger partial charge in [-0.25, -0.2) is 0 Å². The molecule has 1 aromatic heterocycles. The largest absolute Gasteiger partial charge is 0.673 e. The van der Waals surface area contributed by atoms with Gasteiger partial charge in [0.2, 0.25) is 0 Å². The molecule has 0 aliphatic heterocycles. The van der Waals surface area contributed by atoms with E-state index >= 15 is 0 Å². The summed E-state index contributed by atoms with van der Waals surface area (Å²) in [5.41, 5.74) is 7.87. The third-order valence-electron chi connectivity index (χ3n) is 8.81. The number of fused-ring (bicyclic) bond motifs is 4. The maximum atomic E-state index is 5.73. The van der Waals surface area contributed by atoms with Crippen molar-refractivity contribution in [2.45, 2.75) is 45.6 Å². The van der Waals surface area contributed by atoms with Crippen LogP contribution in [0.1, 0.15) is 68.0 Å². The summed E-state index contributed by atoms with van der Waals surface area (Å²) in [6.07, 6.45) is 0. The summed E-state index contributed by atoms with van der Waals surface area (Å²) in [5.74, 6) is 0.688. The molecule has 2 nitrogen and oxygen atoms in total. The Morgan fingerprint density at radius 2 is 1.04 bits per heavy atom. The van der Waals surface area contributed by atoms with Crippen molar-refractivity contribution in [1.82, 2.24) is 4.98 Å². The smallest absolute Gasteiger partial charge is 0.0711 e. The van der Waals surface area contributed by atoms with E-state index in [0.717, 1.165) is 22.6 Å². The fourth-order valence-electron chi connectivity index (χ4n) is 6.60. The first kappa shape index (κ1) is 33.3. The summed E-state index contributed by atoms with van der Waals surface area (Å²) in [6, 6.07) is 47.6. The van der Waals surface area contributed by atoms with Crippen LogP contribution in [0.2, 0.25) is 0 Å². The SMILES string of the molecule is CC(C)c1cccc(C(C)C)c1[N-]C(c1cccc(-c2cccc3ccccc23)n1)c1cc2ccccc2c2ccccc12.[CH3-].[Hf]. The standard InChI is InChI=1S/C42H37N2.CH3.Hf/c1-27(2)31-21-12-22-32(28(3)4)41(31)44-42(38-26-30-15-6-8-18-34(30)35-19-9-10-20-36(35)38)40-25-13-24-39(43-40)37-23-11-16-29-14-5-7-17-33(29)37;;/h5-28,42H,1-4H3;1H3;/q2*-1;. The number of benzene rings is 6. The summed E-state index contributed by atoms with van der Waals surface area (Å²) in [5, 5.41) is 13.1. The topological polar surface area (TPSA) is 27.0 Å². The molecule has 0 amide bonds. The molecule has 0 fully saturated rings. The van der Waals surface area contributed by atoms with Crippen LogP contribution in [0.5, 0.6) is 0 Å². The van der Waals surface area contributed by atoms with Crippen LogP contribution in [0.4, 0.5) is 5.69 Å². The Morgan fingerprint density at radius 1 is 0.500 bits per heavy atom. The third-order valence-corrected chi connectivity index (χ3v) is 8.81. The molecule has 7 rings (SSSR count). The van der Waals surface area contributed by atoms with E-state index in [4.69, 9.17) is 10.3 Å². The van der Waals surface area contributed by atoms with Gasteiger partial charge in [0.25, 0.3) is 0 Å². The molecule has 1 heterocycles. The molecule has 0 aliphatic carbocycles. The second kappa shape index (κ2) is 14.1. The molecule has 6 aromatic carbocycles. The van der Waals surface area contributed by atoms with Gasteiger partial charge in [-0.1, -0.05) is 160 Å². The second-order valence-electron chi connectivity index (χ2n) is 12.3. The van der Waals surface area contributed by atoms with Gasteiger partial charge in [-0.05, 0) is 67.9 Å². The third kappa shape index (κ3) is 6.18. The van der Waals surface area contributed by atoms with E-state index < -0.39 is 0 Å². The minimum Gasteiger partial charge on any atom is -0.673 e. The Hall–Kier alpha value is -4.08. The summed E-state index contributed by atoms with van der Waals surface area (Å²) in [4.78, 5) is 5.41. The van der Waals surface area contributed by atoms with E-state index in [1.807, 2.05) is 0 Å². The molecule has 1 unspecified atom stereocenters. The Labute approximate surface area is 292 Å². The van der Waals surface area contributed by atoms with Crippen LogP contribution < -0.4 is 0 Å². The minimum atomic E-state index is -0.295. The van der Waals surface area contributed by atoms with Crippen molar-refractivity contribution in [2.24, 2.45) is 0 Å². The van der Waals surface area contributed by atoms with Gasteiger partial charge in [0.05, 0.1) is 5.69 Å². The van der Waals surface area contributed by atoms with Crippen LogP contribution in [0.15, 0.2) is 133 Å². The van der Waals surface area contributed by atoms with Crippen molar-refractivity contribution < 1.29 is 25.8 Å². The van der Waals surface area contributed by atoms with Gasteiger partial charge in [0.15, 0.2) is 0 Å². The maximum Gasteiger partial charge on any atom is 0.0711 e. The summed E-state index contributed by atoms with van der Waals surface area (Å²) >= 11 is 0. The number of hydrogen-bond donors (Lipinski definition) is 0. The van der Waals surface area contributed by atoms with Crippen molar-refractivity contribution in [1.29, 1.82) is 0 Å². The molecule has 46 heavy (non-hydrogen) atoms. The first-order valence-electron chi connectivity index (χ1n) is 15.7. The van der Waals surface area contributed by atoms with Gasteiger partial charge in [-0.15, -0.1) is 5.69 Å². The molecular weight excluding hydrogens is 723 g/mol. The number of aromatic nitrogens is 1. The number of para-hydroxylation sites is 1. The minimum absolute atomic E-state index is 0. The van der Waals surface area contributed by atoms with Crippen molar-refractivity contribution in [2.75, 3.05) is 0 Å². The van der Waals surface area contributed by atoms with Gasteiger partial charge in [-0.2, -0.15) is 0 Å². The van der Waals surface area contributed by atoms with Crippen molar-refractivity contribution >= 4 is 38.0 Å².